The summed E-state index contributed by atoms with van der Waals surface area (Å²) in [6.45, 7) is 3.11. The number of anilines is 1. The molecule has 0 spiro atoms. The third kappa shape index (κ3) is 5.51. The average molecular weight is 546 g/mol. The number of hydrogen-bond donors (Lipinski definition) is 2. The van der Waals surface area contributed by atoms with Crippen LogP contribution >= 0.6 is 35.6 Å². The molecule has 162 valence electrons. The summed E-state index contributed by atoms with van der Waals surface area (Å²) >= 11 is 6.26. The summed E-state index contributed by atoms with van der Waals surface area (Å²) in [6, 6.07) is 9.54. The average Bonchev–Trinajstić information content (AvgIpc) is 3.39. The van der Waals surface area contributed by atoms with Gasteiger partial charge >= 0.3 is 0 Å². The van der Waals surface area contributed by atoms with Crippen LogP contribution in [0.25, 0.3) is 0 Å². The Morgan fingerprint density at radius 2 is 2.20 bits per heavy atom. The van der Waals surface area contributed by atoms with Crippen LogP contribution in [-0.4, -0.2) is 57.1 Å². The molecule has 1 aromatic heterocycles. The van der Waals surface area contributed by atoms with Crippen LogP contribution in [0.2, 0.25) is 5.02 Å². The molecule has 1 unspecified atom stereocenters. The lowest BCUT2D eigenvalue weighted by atomic mass is 10.3. The Labute approximate surface area is 198 Å². The Kier molecular flexibility index (Phi) is 8.08. The first-order valence-corrected chi connectivity index (χ1v) is 9.96. The molecule has 2 aliphatic heterocycles. The van der Waals surface area contributed by atoms with Crippen molar-refractivity contribution in [2.45, 2.75) is 12.5 Å². The molecule has 2 aromatic rings. The van der Waals surface area contributed by atoms with Crippen molar-refractivity contribution in [2.24, 2.45) is 4.99 Å². The van der Waals surface area contributed by atoms with Gasteiger partial charge in [-0.05, 0) is 30.7 Å². The smallest absolute Gasteiger partial charge is 0.231 e. The van der Waals surface area contributed by atoms with E-state index in [0.717, 1.165) is 42.8 Å². The van der Waals surface area contributed by atoms with Gasteiger partial charge in [0.2, 0.25) is 6.79 Å². The van der Waals surface area contributed by atoms with Gasteiger partial charge < -0.3 is 29.7 Å². The largest absolute Gasteiger partial charge is 0.492 e. The molecule has 2 aliphatic rings. The SMILES string of the molecule is CN=C(NCCOc1ccc2c(c1)OCO2)NC1CCN(c2ncccc2Cl)C1.I. The van der Waals surface area contributed by atoms with E-state index in [9.17, 15) is 0 Å². The van der Waals surface area contributed by atoms with E-state index in [2.05, 4.69) is 25.5 Å². The zero-order valence-electron chi connectivity index (χ0n) is 16.6. The summed E-state index contributed by atoms with van der Waals surface area (Å²) in [5.41, 5.74) is 0. The van der Waals surface area contributed by atoms with Crippen molar-refractivity contribution in [1.82, 2.24) is 15.6 Å². The van der Waals surface area contributed by atoms with Gasteiger partial charge in [0.1, 0.15) is 18.2 Å². The summed E-state index contributed by atoms with van der Waals surface area (Å²) in [4.78, 5) is 10.9. The predicted octanol–water partition coefficient (Wildman–Crippen LogP) is 2.90. The number of aliphatic imine (C=N–C) groups is 1. The quantitative estimate of drug-likeness (QED) is 0.250. The van der Waals surface area contributed by atoms with Crippen molar-refractivity contribution in [3.8, 4) is 17.2 Å². The monoisotopic (exact) mass is 545 g/mol. The molecule has 2 N–H and O–H groups in total. The van der Waals surface area contributed by atoms with Gasteiger partial charge in [-0.1, -0.05) is 11.6 Å². The third-order valence-corrected chi connectivity index (χ3v) is 5.09. The highest BCUT2D eigenvalue weighted by atomic mass is 127. The fourth-order valence-corrected chi connectivity index (χ4v) is 3.61. The fraction of sp³-hybridized carbons (Fsp3) is 0.400. The maximum Gasteiger partial charge on any atom is 0.231 e. The Hall–Kier alpha value is -2.14. The molecule has 30 heavy (non-hydrogen) atoms. The van der Waals surface area contributed by atoms with Gasteiger partial charge in [0.05, 0.1) is 11.6 Å². The first kappa shape index (κ1) is 22.5. The Balaban J connectivity index is 0.00000256. The third-order valence-electron chi connectivity index (χ3n) is 4.80. The normalized spacial score (nSPS) is 17.5. The maximum absolute atomic E-state index is 6.26. The van der Waals surface area contributed by atoms with E-state index in [4.69, 9.17) is 25.8 Å². The van der Waals surface area contributed by atoms with Crippen molar-refractivity contribution in [3.05, 3.63) is 41.6 Å². The number of pyridine rings is 1. The molecule has 1 atom stereocenters. The van der Waals surface area contributed by atoms with Crippen LogP contribution in [0.4, 0.5) is 5.82 Å². The van der Waals surface area contributed by atoms with Crippen molar-refractivity contribution < 1.29 is 14.2 Å². The van der Waals surface area contributed by atoms with E-state index >= 15 is 0 Å². The second-order valence-electron chi connectivity index (χ2n) is 6.75. The van der Waals surface area contributed by atoms with E-state index in [1.807, 2.05) is 30.3 Å². The Morgan fingerprint density at radius 1 is 1.33 bits per heavy atom. The van der Waals surface area contributed by atoms with Crippen LogP contribution in [0.5, 0.6) is 17.2 Å². The second kappa shape index (κ2) is 10.8. The van der Waals surface area contributed by atoms with Gasteiger partial charge in [0, 0.05) is 38.4 Å². The van der Waals surface area contributed by atoms with Crippen molar-refractivity contribution >= 4 is 47.4 Å². The Morgan fingerprint density at radius 3 is 3.03 bits per heavy atom. The predicted molar refractivity (Wildman–Crippen MR) is 128 cm³/mol. The number of aromatic nitrogens is 1. The molecule has 0 bridgehead atoms. The van der Waals surface area contributed by atoms with Gasteiger partial charge in [-0.25, -0.2) is 4.98 Å². The molecule has 0 radical (unpaired) electrons. The minimum absolute atomic E-state index is 0. The molecule has 0 aliphatic carbocycles. The highest BCUT2D eigenvalue weighted by molar-refractivity contribution is 14.0. The minimum Gasteiger partial charge on any atom is -0.492 e. The molecule has 10 heteroatoms. The first-order chi connectivity index (χ1) is 14.2. The molecular weight excluding hydrogens is 521 g/mol. The highest BCUT2D eigenvalue weighted by Gasteiger charge is 2.25. The Bertz CT molecular complexity index is 885. The lowest BCUT2D eigenvalue weighted by molar-refractivity contribution is 0.173. The minimum atomic E-state index is 0. The van der Waals surface area contributed by atoms with Gasteiger partial charge in [-0.15, -0.1) is 24.0 Å². The molecular formula is C20H25ClIN5O3. The number of hydrogen-bond acceptors (Lipinski definition) is 6. The highest BCUT2D eigenvalue weighted by Crippen LogP contribution is 2.35. The molecule has 1 aromatic carbocycles. The molecule has 4 rings (SSSR count). The topological polar surface area (TPSA) is 80.2 Å². The summed E-state index contributed by atoms with van der Waals surface area (Å²) in [5.74, 6) is 3.79. The standard InChI is InChI=1S/C20H24ClN5O3.HI/c1-22-20(24-8-10-27-15-4-5-17-18(11-15)29-13-28-17)25-14-6-9-26(12-14)19-16(21)3-2-7-23-19;/h2-5,7,11,14H,6,8-10,12-13H2,1H3,(H2,22,24,25);1H. The number of rotatable bonds is 6. The molecule has 1 fully saturated rings. The van der Waals surface area contributed by atoms with Crippen molar-refractivity contribution in [2.75, 3.05) is 45.0 Å². The molecule has 8 nitrogen and oxygen atoms in total. The zero-order valence-corrected chi connectivity index (χ0v) is 19.7. The molecule has 0 saturated carbocycles. The van der Waals surface area contributed by atoms with Gasteiger partial charge in [-0.3, -0.25) is 4.99 Å². The summed E-state index contributed by atoms with van der Waals surface area (Å²) in [5, 5.41) is 7.41. The fourth-order valence-electron chi connectivity index (χ4n) is 3.37. The summed E-state index contributed by atoms with van der Waals surface area (Å²) in [7, 11) is 1.76. The van der Waals surface area contributed by atoms with Crippen LogP contribution in [0.15, 0.2) is 41.5 Å². The summed E-state index contributed by atoms with van der Waals surface area (Å²) < 4.78 is 16.4. The molecule has 3 heterocycles. The van der Waals surface area contributed by atoms with Crippen LogP contribution < -0.4 is 29.7 Å². The number of halogens is 2. The van der Waals surface area contributed by atoms with Crippen LogP contribution in [0.1, 0.15) is 6.42 Å². The second-order valence-corrected chi connectivity index (χ2v) is 7.15. The molecule has 1 saturated heterocycles. The van der Waals surface area contributed by atoms with E-state index in [1.54, 1.807) is 13.2 Å². The number of nitrogens with one attached hydrogen (secondary N) is 2. The number of benzene rings is 1. The zero-order chi connectivity index (χ0) is 20.1. The lowest BCUT2D eigenvalue weighted by Crippen LogP contribution is -2.45. The van der Waals surface area contributed by atoms with Crippen molar-refractivity contribution in [1.29, 1.82) is 0 Å². The summed E-state index contributed by atoms with van der Waals surface area (Å²) in [6.07, 6.45) is 2.75. The number of fused-ring (bicyclic) bond motifs is 1. The van der Waals surface area contributed by atoms with E-state index in [0.29, 0.717) is 23.9 Å². The first-order valence-electron chi connectivity index (χ1n) is 9.58. The number of guanidine groups is 1. The van der Waals surface area contributed by atoms with Crippen LogP contribution in [-0.2, 0) is 0 Å². The van der Waals surface area contributed by atoms with Crippen molar-refractivity contribution in [3.63, 3.8) is 0 Å². The lowest BCUT2D eigenvalue weighted by Gasteiger charge is -2.20. The number of ether oxygens (including phenoxy) is 3. The number of nitrogens with zero attached hydrogens (tertiary/aromatic N) is 3. The molecule has 0 amide bonds. The van der Waals surface area contributed by atoms with Crippen LogP contribution in [0, 0.1) is 0 Å². The van der Waals surface area contributed by atoms with Gasteiger partial charge in [0.15, 0.2) is 17.5 Å². The van der Waals surface area contributed by atoms with E-state index in [1.165, 1.54) is 0 Å². The van der Waals surface area contributed by atoms with E-state index in [-0.39, 0.29) is 36.8 Å². The maximum atomic E-state index is 6.26. The van der Waals surface area contributed by atoms with Crippen LogP contribution in [0.3, 0.4) is 0 Å². The van der Waals surface area contributed by atoms with E-state index < -0.39 is 0 Å². The van der Waals surface area contributed by atoms with Gasteiger partial charge in [0.25, 0.3) is 0 Å². The van der Waals surface area contributed by atoms with Gasteiger partial charge in [-0.2, -0.15) is 0 Å².